The van der Waals surface area contributed by atoms with Crippen LogP contribution in [0.3, 0.4) is 0 Å². The van der Waals surface area contributed by atoms with Crippen molar-refractivity contribution in [1.29, 1.82) is 0 Å². The van der Waals surface area contributed by atoms with Crippen molar-refractivity contribution in [2.24, 2.45) is 5.73 Å². The average Bonchev–Trinajstić information content (AvgIpc) is 2.53. The molecule has 2 amide bonds. The van der Waals surface area contributed by atoms with Crippen LogP contribution in [0, 0.1) is 0 Å². The van der Waals surface area contributed by atoms with Crippen LogP contribution in [0.25, 0.3) is 0 Å². The van der Waals surface area contributed by atoms with Gasteiger partial charge in [-0.05, 0) is 0 Å². The highest BCUT2D eigenvalue weighted by Gasteiger charge is 2.15. The fraction of sp³-hybridized carbons (Fsp3) is 0.750. The van der Waals surface area contributed by atoms with Crippen LogP contribution in [0.15, 0.2) is 0 Å². The van der Waals surface area contributed by atoms with E-state index >= 15 is 0 Å². The fourth-order valence-corrected chi connectivity index (χ4v) is 1.21. The number of hydroxylamine groups is 3. The summed E-state index contributed by atoms with van der Waals surface area (Å²) in [7, 11) is 0. The van der Waals surface area contributed by atoms with E-state index in [1.54, 1.807) is 5.48 Å². The standard InChI is InChI=1S/C4H10N4O4S/c5-4(9)7-11-13(10)12-8-2-1-6-3-8/h6H,1-3H2,(H3,5,7,9). The molecule has 1 saturated heterocycles. The summed E-state index contributed by atoms with van der Waals surface area (Å²) in [5.41, 5.74) is 6.34. The zero-order valence-electron chi connectivity index (χ0n) is 6.69. The molecule has 1 aliphatic heterocycles. The van der Waals surface area contributed by atoms with Gasteiger partial charge < -0.3 is 11.1 Å². The molecule has 8 nitrogen and oxygen atoms in total. The highest BCUT2D eigenvalue weighted by molar-refractivity contribution is 7.75. The van der Waals surface area contributed by atoms with Crippen LogP contribution in [0.5, 0.6) is 0 Å². The number of amides is 2. The van der Waals surface area contributed by atoms with E-state index in [1.165, 1.54) is 5.06 Å². The summed E-state index contributed by atoms with van der Waals surface area (Å²) in [6.45, 7) is 1.82. The summed E-state index contributed by atoms with van der Waals surface area (Å²) in [6.07, 6.45) is 0. The molecule has 13 heavy (non-hydrogen) atoms. The fourth-order valence-electron chi connectivity index (χ4n) is 0.727. The Morgan fingerprint density at radius 3 is 3.00 bits per heavy atom. The minimum Gasteiger partial charge on any atom is -0.350 e. The van der Waals surface area contributed by atoms with Crippen LogP contribution in [0.4, 0.5) is 4.79 Å². The second-order valence-electron chi connectivity index (χ2n) is 2.19. The Morgan fingerprint density at radius 2 is 2.46 bits per heavy atom. The van der Waals surface area contributed by atoms with Crippen molar-refractivity contribution in [2.45, 2.75) is 0 Å². The maximum atomic E-state index is 10.8. The molecule has 1 aliphatic rings. The Hall–Kier alpha value is -0.740. The number of nitrogens with two attached hydrogens (primary N) is 1. The lowest BCUT2D eigenvalue weighted by atomic mass is 10.7. The Morgan fingerprint density at radius 1 is 1.69 bits per heavy atom. The molecule has 0 spiro atoms. The Labute approximate surface area is 77.1 Å². The van der Waals surface area contributed by atoms with Crippen molar-refractivity contribution in [3.05, 3.63) is 0 Å². The first-order valence-electron chi connectivity index (χ1n) is 3.47. The molecule has 0 saturated carbocycles. The number of urea groups is 1. The Kier molecular flexibility index (Phi) is 4.05. The third-order valence-corrected chi connectivity index (χ3v) is 1.75. The summed E-state index contributed by atoms with van der Waals surface area (Å²) in [4.78, 5) is 10.1. The summed E-state index contributed by atoms with van der Waals surface area (Å²) in [5, 5.41) is 4.34. The van der Waals surface area contributed by atoms with Crippen LogP contribution in [-0.4, -0.2) is 35.1 Å². The Bertz CT molecular complexity index is 206. The topological polar surface area (TPSA) is 106 Å². The van der Waals surface area contributed by atoms with E-state index < -0.39 is 17.4 Å². The van der Waals surface area contributed by atoms with Gasteiger partial charge in [0.1, 0.15) is 0 Å². The number of carbonyl (C=O) groups is 1. The van der Waals surface area contributed by atoms with Crippen LogP contribution in [0.1, 0.15) is 0 Å². The first-order chi connectivity index (χ1) is 6.18. The van der Waals surface area contributed by atoms with Gasteiger partial charge in [0.05, 0.1) is 6.67 Å². The van der Waals surface area contributed by atoms with E-state index in [4.69, 9.17) is 4.28 Å². The van der Waals surface area contributed by atoms with Crippen molar-refractivity contribution in [3.8, 4) is 0 Å². The predicted octanol–water partition coefficient (Wildman–Crippen LogP) is -2.04. The molecule has 1 heterocycles. The number of nitrogens with one attached hydrogen (secondary N) is 2. The predicted molar refractivity (Wildman–Crippen MR) is 42.6 cm³/mol. The SMILES string of the molecule is NC(=O)NOS(=O)ON1CCNC1. The largest absolute Gasteiger partial charge is 0.350 e. The number of hydrogen-bond donors (Lipinski definition) is 3. The van der Waals surface area contributed by atoms with E-state index in [0.29, 0.717) is 13.2 Å². The minimum atomic E-state index is -2.06. The van der Waals surface area contributed by atoms with Crippen molar-refractivity contribution in [3.63, 3.8) is 0 Å². The van der Waals surface area contributed by atoms with Gasteiger partial charge >= 0.3 is 17.4 Å². The summed E-state index contributed by atoms with van der Waals surface area (Å²) in [6, 6.07) is -0.934. The molecule has 0 aliphatic carbocycles. The normalized spacial score (nSPS) is 20.0. The van der Waals surface area contributed by atoms with Gasteiger partial charge in [0.25, 0.3) is 0 Å². The van der Waals surface area contributed by atoms with E-state index in [0.717, 1.165) is 6.54 Å². The van der Waals surface area contributed by atoms with E-state index in [1.807, 2.05) is 0 Å². The van der Waals surface area contributed by atoms with Gasteiger partial charge in [0.2, 0.25) is 0 Å². The zero-order chi connectivity index (χ0) is 9.68. The van der Waals surface area contributed by atoms with Gasteiger partial charge in [0.15, 0.2) is 0 Å². The molecule has 1 unspecified atom stereocenters. The molecule has 0 aromatic carbocycles. The molecule has 0 bridgehead atoms. The van der Waals surface area contributed by atoms with Crippen molar-refractivity contribution in [1.82, 2.24) is 15.9 Å². The average molecular weight is 210 g/mol. The first kappa shape index (κ1) is 10.3. The van der Waals surface area contributed by atoms with Gasteiger partial charge in [0, 0.05) is 13.1 Å². The smallest absolute Gasteiger partial charge is 0.345 e. The molecule has 1 rings (SSSR count). The highest BCUT2D eigenvalue weighted by atomic mass is 32.2. The van der Waals surface area contributed by atoms with Crippen molar-refractivity contribution >= 4 is 17.4 Å². The Balaban J connectivity index is 2.13. The quantitative estimate of drug-likeness (QED) is 0.461. The second-order valence-corrected chi connectivity index (χ2v) is 2.92. The van der Waals surface area contributed by atoms with Gasteiger partial charge in [-0.1, -0.05) is 0 Å². The number of carbonyl (C=O) groups excluding carboxylic acids is 1. The lowest BCUT2D eigenvalue weighted by molar-refractivity contribution is -0.0374. The van der Waals surface area contributed by atoms with Gasteiger partial charge in [-0.3, -0.25) is 0 Å². The maximum absolute atomic E-state index is 10.8. The van der Waals surface area contributed by atoms with Crippen LogP contribution < -0.4 is 16.5 Å². The number of hydrogen-bond acceptors (Lipinski definition) is 6. The molecule has 1 fully saturated rings. The molecule has 0 aromatic heterocycles. The molecule has 4 N–H and O–H groups in total. The number of primary amides is 1. The van der Waals surface area contributed by atoms with Gasteiger partial charge in [-0.25, -0.2) is 4.79 Å². The molecular formula is C4H10N4O4S. The summed E-state index contributed by atoms with van der Waals surface area (Å²) >= 11 is -2.06. The first-order valence-corrected chi connectivity index (χ1v) is 4.47. The van der Waals surface area contributed by atoms with Gasteiger partial charge in [-0.2, -0.15) is 19.0 Å². The van der Waals surface area contributed by atoms with Crippen LogP contribution in [-0.2, 0) is 19.9 Å². The van der Waals surface area contributed by atoms with E-state index in [2.05, 4.69) is 15.3 Å². The minimum absolute atomic E-state index is 0.464. The monoisotopic (exact) mass is 210 g/mol. The third kappa shape index (κ3) is 4.15. The molecule has 0 radical (unpaired) electrons. The molecule has 9 heteroatoms. The van der Waals surface area contributed by atoms with E-state index in [9.17, 15) is 9.00 Å². The van der Waals surface area contributed by atoms with E-state index in [-0.39, 0.29) is 0 Å². The van der Waals surface area contributed by atoms with Crippen LogP contribution >= 0.6 is 0 Å². The lowest BCUT2D eigenvalue weighted by Gasteiger charge is -2.10. The second kappa shape index (κ2) is 5.09. The molecular weight excluding hydrogens is 200 g/mol. The molecule has 76 valence electrons. The van der Waals surface area contributed by atoms with Crippen LogP contribution in [0.2, 0.25) is 0 Å². The number of nitrogens with zero attached hydrogens (tertiary/aromatic N) is 1. The summed E-state index contributed by atoms with van der Waals surface area (Å²) in [5.74, 6) is 0. The lowest BCUT2D eigenvalue weighted by Crippen LogP contribution is -2.33. The van der Waals surface area contributed by atoms with Crippen molar-refractivity contribution < 1.29 is 17.6 Å². The van der Waals surface area contributed by atoms with Crippen molar-refractivity contribution in [2.75, 3.05) is 19.8 Å². The molecule has 0 aromatic rings. The zero-order valence-corrected chi connectivity index (χ0v) is 7.50. The number of rotatable bonds is 4. The summed E-state index contributed by atoms with van der Waals surface area (Å²) < 4.78 is 19.8. The highest BCUT2D eigenvalue weighted by Crippen LogP contribution is 1.97. The third-order valence-electron chi connectivity index (χ3n) is 1.20. The molecule has 1 atom stereocenters. The van der Waals surface area contributed by atoms with Gasteiger partial charge in [-0.15, -0.1) is 4.28 Å². The maximum Gasteiger partial charge on any atom is 0.345 e.